The Hall–Kier alpha value is -1.76. The van der Waals surface area contributed by atoms with E-state index in [1.165, 1.54) is 12.3 Å². The van der Waals surface area contributed by atoms with Gasteiger partial charge in [-0.15, -0.1) is 0 Å². The van der Waals surface area contributed by atoms with Gasteiger partial charge in [0.05, 0.1) is 17.5 Å². The lowest BCUT2D eigenvalue weighted by Crippen LogP contribution is -1.99. The van der Waals surface area contributed by atoms with E-state index in [1.807, 2.05) is 0 Å². The lowest BCUT2D eigenvalue weighted by molar-refractivity contribution is 0.0698. The first-order chi connectivity index (χ1) is 7.59. The molecule has 7 heteroatoms. The van der Waals surface area contributed by atoms with Crippen LogP contribution in [0.25, 0.3) is 11.3 Å². The number of halogens is 2. The average molecular weight is 286 g/mol. The lowest BCUT2D eigenvalue weighted by atomic mass is 10.1. The first-order valence-electron chi connectivity index (χ1n) is 4.17. The highest BCUT2D eigenvalue weighted by atomic mass is 79.9. The zero-order valence-electron chi connectivity index (χ0n) is 7.74. The third kappa shape index (κ3) is 1.81. The number of aromatic amines is 1. The Balaban J connectivity index is 2.62. The summed E-state index contributed by atoms with van der Waals surface area (Å²) in [5, 5.41) is 14.9. The number of hydrogen-bond acceptors (Lipinski definition) is 3. The third-order valence-corrected chi connectivity index (χ3v) is 2.38. The molecule has 16 heavy (non-hydrogen) atoms. The number of nitrogens with zero attached hydrogens (tertiary/aromatic N) is 2. The molecule has 0 saturated heterocycles. The van der Waals surface area contributed by atoms with Crippen LogP contribution in [0.15, 0.2) is 22.9 Å². The summed E-state index contributed by atoms with van der Waals surface area (Å²) < 4.78 is 14.0. The average Bonchev–Trinajstić information content (AvgIpc) is 2.70. The number of carbonyl (C=O) groups is 1. The Morgan fingerprint density at radius 1 is 1.50 bits per heavy atom. The van der Waals surface area contributed by atoms with Gasteiger partial charge < -0.3 is 5.11 Å². The minimum atomic E-state index is -1.18. The molecule has 2 heterocycles. The molecule has 0 aromatic carbocycles. The molecule has 0 spiro atoms. The Morgan fingerprint density at radius 2 is 2.25 bits per heavy atom. The summed E-state index contributed by atoms with van der Waals surface area (Å²) in [5.41, 5.74) is 0.0573. The predicted octanol–water partition coefficient (Wildman–Crippen LogP) is 2.07. The summed E-state index contributed by atoms with van der Waals surface area (Å²) in [6.45, 7) is 0. The van der Waals surface area contributed by atoms with Crippen molar-refractivity contribution in [3.8, 4) is 11.3 Å². The minimum Gasteiger partial charge on any atom is -0.478 e. The molecule has 0 bridgehead atoms. The molecule has 0 aliphatic heterocycles. The maximum atomic E-state index is 13.4. The van der Waals surface area contributed by atoms with Crippen LogP contribution in [0.1, 0.15) is 10.4 Å². The number of carboxylic acid groups (broad SMARTS) is 1. The van der Waals surface area contributed by atoms with Gasteiger partial charge in [-0.2, -0.15) is 9.49 Å². The predicted molar refractivity (Wildman–Crippen MR) is 56.4 cm³/mol. The number of carboxylic acids is 1. The van der Waals surface area contributed by atoms with E-state index in [1.54, 1.807) is 0 Å². The Labute approximate surface area is 97.5 Å². The number of rotatable bonds is 2. The Kier molecular flexibility index (Phi) is 2.69. The van der Waals surface area contributed by atoms with Gasteiger partial charge in [0.15, 0.2) is 0 Å². The molecule has 0 saturated carbocycles. The highest BCUT2D eigenvalue weighted by Crippen LogP contribution is 2.25. The molecule has 0 aliphatic carbocycles. The van der Waals surface area contributed by atoms with Gasteiger partial charge in [-0.3, -0.25) is 5.10 Å². The van der Waals surface area contributed by atoms with Gasteiger partial charge in [-0.05, 0) is 22.0 Å². The van der Waals surface area contributed by atoms with Gasteiger partial charge in [0, 0.05) is 10.7 Å². The summed E-state index contributed by atoms with van der Waals surface area (Å²) in [5.74, 6) is -1.93. The van der Waals surface area contributed by atoms with Crippen LogP contribution in [0.2, 0.25) is 0 Å². The third-order valence-electron chi connectivity index (χ3n) is 1.94. The fourth-order valence-corrected chi connectivity index (χ4v) is 1.58. The monoisotopic (exact) mass is 285 g/mol. The molecule has 5 nitrogen and oxygen atoms in total. The van der Waals surface area contributed by atoms with Crippen molar-refractivity contribution in [1.82, 2.24) is 15.2 Å². The van der Waals surface area contributed by atoms with E-state index in [0.29, 0.717) is 4.47 Å². The molecule has 0 atom stereocenters. The summed E-state index contributed by atoms with van der Waals surface area (Å²) in [7, 11) is 0. The highest BCUT2D eigenvalue weighted by molar-refractivity contribution is 9.10. The van der Waals surface area contributed by atoms with Crippen molar-refractivity contribution in [2.45, 2.75) is 0 Å². The lowest BCUT2D eigenvalue weighted by Gasteiger charge is -2.01. The number of H-pyrrole nitrogens is 1. The topological polar surface area (TPSA) is 78.9 Å². The van der Waals surface area contributed by atoms with Crippen molar-refractivity contribution < 1.29 is 14.3 Å². The van der Waals surface area contributed by atoms with E-state index >= 15 is 0 Å². The molecule has 0 aliphatic rings. The second-order valence-corrected chi connectivity index (χ2v) is 3.87. The molecule has 0 radical (unpaired) electrons. The van der Waals surface area contributed by atoms with E-state index < -0.39 is 11.9 Å². The van der Waals surface area contributed by atoms with Gasteiger partial charge in [0.25, 0.3) is 0 Å². The summed E-state index contributed by atoms with van der Waals surface area (Å²) >= 11 is 3.13. The van der Waals surface area contributed by atoms with E-state index in [2.05, 4.69) is 31.1 Å². The van der Waals surface area contributed by atoms with Crippen LogP contribution in [0.3, 0.4) is 0 Å². The maximum Gasteiger partial charge on any atom is 0.339 e. The molecule has 2 N–H and O–H groups in total. The molecular weight excluding hydrogens is 281 g/mol. The first-order valence-corrected chi connectivity index (χ1v) is 4.97. The molecule has 0 fully saturated rings. The van der Waals surface area contributed by atoms with Crippen molar-refractivity contribution in [1.29, 1.82) is 0 Å². The van der Waals surface area contributed by atoms with Crippen LogP contribution in [0.5, 0.6) is 0 Å². The molecule has 0 unspecified atom stereocenters. The number of nitrogens with one attached hydrogen (secondary N) is 1. The number of hydrogen-bond donors (Lipinski definition) is 2. The Morgan fingerprint density at radius 3 is 2.94 bits per heavy atom. The minimum absolute atomic E-state index is 0.0595. The van der Waals surface area contributed by atoms with Crippen molar-refractivity contribution >= 4 is 21.9 Å². The summed E-state index contributed by atoms with van der Waals surface area (Å²) in [6, 6.07) is 1.43. The van der Waals surface area contributed by atoms with E-state index in [-0.39, 0.29) is 16.8 Å². The fourth-order valence-electron chi connectivity index (χ4n) is 1.25. The van der Waals surface area contributed by atoms with Crippen LogP contribution < -0.4 is 0 Å². The molecule has 2 rings (SSSR count). The van der Waals surface area contributed by atoms with E-state index in [4.69, 9.17) is 5.11 Å². The van der Waals surface area contributed by atoms with Gasteiger partial charge >= 0.3 is 5.97 Å². The molecule has 0 amide bonds. The SMILES string of the molecule is O=C(O)c1cn[nH]c1-c1cc(Br)cnc1F. The quantitative estimate of drug-likeness (QED) is 0.828. The Bertz CT molecular complexity index is 555. The van der Waals surface area contributed by atoms with Crippen LogP contribution in [0, 0.1) is 5.95 Å². The second kappa shape index (κ2) is 4.01. The second-order valence-electron chi connectivity index (χ2n) is 2.96. The van der Waals surface area contributed by atoms with Crippen LogP contribution in [-0.2, 0) is 0 Å². The molecular formula is C9H5BrFN3O2. The summed E-state index contributed by atoms with van der Waals surface area (Å²) in [4.78, 5) is 14.3. The van der Waals surface area contributed by atoms with Crippen molar-refractivity contribution in [2.24, 2.45) is 0 Å². The number of pyridine rings is 1. The van der Waals surface area contributed by atoms with Crippen LogP contribution in [-0.4, -0.2) is 26.3 Å². The van der Waals surface area contributed by atoms with Gasteiger partial charge in [0.2, 0.25) is 5.95 Å². The van der Waals surface area contributed by atoms with Gasteiger partial charge in [-0.1, -0.05) is 0 Å². The molecule has 2 aromatic heterocycles. The maximum absolute atomic E-state index is 13.4. The zero-order valence-corrected chi connectivity index (χ0v) is 9.32. The standard InChI is InChI=1S/C9H5BrFN3O2/c10-4-1-5(8(11)12-2-4)7-6(9(15)16)3-13-14-7/h1-3H,(H,13,14)(H,15,16). The van der Waals surface area contributed by atoms with Gasteiger partial charge in [0.1, 0.15) is 5.56 Å². The van der Waals surface area contributed by atoms with Crippen LogP contribution >= 0.6 is 15.9 Å². The van der Waals surface area contributed by atoms with E-state index in [0.717, 1.165) is 6.20 Å². The summed E-state index contributed by atoms with van der Waals surface area (Å²) in [6.07, 6.45) is 2.41. The fraction of sp³-hybridized carbons (Fsp3) is 0. The zero-order chi connectivity index (χ0) is 11.7. The van der Waals surface area contributed by atoms with Gasteiger partial charge in [-0.25, -0.2) is 9.78 Å². The molecule has 82 valence electrons. The highest BCUT2D eigenvalue weighted by Gasteiger charge is 2.17. The molecule has 2 aromatic rings. The normalized spacial score (nSPS) is 10.4. The largest absolute Gasteiger partial charge is 0.478 e. The number of aromatic nitrogens is 3. The van der Waals surface area contributed by atoms with Crippen molar-refractivity contribution in [2.75, 3.05) is 0 Å². The van der Waals surface area contributed by atoms with Crippen molar-refractivity contribution in [3.05, 3.63) is 34.4 Å². The number of aromatic carboxylic acids is 1. The van der Waals surface area contributed by atoms with E-state index in [9.17, 15) is 9.18 Å². The van der Waals surface area contributed by atoms with Crippen molar-refractivity contribution in [3.63, 3.8) is 0 Å². The van der Waals surface area contributed by atoms with Crippen LogP contribution in [0.4, 0.5) is 4.39 Å². The smallest absolute Gasteiger partial charge is 0.339 e. The first kappa shape index (κ1) is 10.7.